The predicted molar refractivity (Wildman–Crippen MR) is 64.1 cm³/mol. The van der Waals surface area contributed by atoms with Gasteiger partial charge in [-0.3, -0.25) is 14.6 Å². The molecule has 0 bridgehead atoms. The molecule has 1 aromatic heterocycles. The lowest BCUT2D eigenvalue weighted by molar-refractivity contribution is -0.139. The molecule has 8 heteroatoms. The summed E-state index contributed by atoms with van der Waals surface area (Å²) >= 11 is 0. The van der Waals surface area contributed by atoms with E-state index in [4.69, 9.17) is 10.8 Å². The van der Waals surface area contributed by atoms with Crippen LogP contribution in [0, 0.1) is 6.92 Å². The number of hydrogen-bond acceptors (Lipinski definition) is 5. The van der Waals surface area contributed by atoms with Crippen molar-refractivity contribution in [1.29, 1.82) is 0 Å². The molecule has 0 spiro atoms. The summed E-state index contributed by atoms with van der Waals surface area (Å²) in [6.07, 6.45) is 2.44. The van der Waals surface area contributed by atoms with E-state index in [9.17, 15) is 14.4 Å². The van der Waals surface area contributed by atoms with E-state index in [1.165, 1.54) is 12.4 Å². The summed E-state index contributed by atoms with van der Waals surface area (Å²) in [6.45, 7) is 1.71. The molecule has 1 rings (SSSR count). The standard InChI is InChI=1S/C11H14N4O4/c1-6-4-14-8(5-13-6)10(17)15-7(11(18)19)2-3-9(12)16/h4-5,7H,2-3H2,1H3,(H2,12,16)(H,15,17)(H,18,19). The van der Waals surface area contributed by atoms with Crippen molar-refractivity contribution in [1.82, 2.24) is 15.3 Å². The number of carboxylic acid groups (broad SMARTS) is 1. The number of carbonyl (C=O) groups is 3. The van der Waals surface area contributed by atoms with Gasteiger partial charge in [0.05, 0.1) is 11.9 Å². The van der Waals surface area contributed by atoms with Gasteiger partial charge in [0.15, 0.2) is 0 Å². The number of hydrogen-bond donors (Lipinski definition) is 3. The molecular formula is C11H14N4O4. The van der Waals surface area contributed by atoms with Crippen LogP contribution in [0.3, 0.4) is 0 Å². The van der Waals surface area contributed by atoms with E-state index in [1.807, 2.05) is 0 Å². The van der Waals surface area contributed by atoms with Crippen molar-refractivity contribution in [3.63, 3.8) is 0 Å². The molecule has 0 saturated carbocycles. The van der Waals surface area contributed by atoms with Crippen LogP contribution >= 0.6 is 0 Å². The van der Waals surface area contributed by atoms with Gasteiger partial charge < -0.3 is 16.2 Å². The minimum atomic E-state index is -1.24. The fraction of sp³-hybridized carbons (Fsp3) is 0.364. The van der Waals surface area contributed by atoms with E-state index in [1.54, 1.807) is 6.92 Å². The van der Waals surface area contributed by atoms with Crippen molar-refractivity contribution < 1.29 is 19.5 Å². The number of nitrogens with zero attached hydrogens (tertiary/aromatic N) is 2. The second kappa shape index (κ2) is 6.43. The van der Waals surface area contributed by atoms with Gasteiger partial charge >= 0.3 is 5.97 Å². The fourth-order valence-electron chi connectivity index (χ4n) is 1.29. The highest BCUT2D eigenvalue weighted by Crippen LogP contribution is 2.00. The Labute approximate surface area is 109 Å². The summed E-state index contributed by atoms with van der Waals surface area (Å²) in [7, 11) is 0. The van der Waals surface area contributed by atoms with Crippen LogP contribution in [-0.2, 0) is 9.59 Å². The zero-order valence-electron chi connectivity index (χ0n) is 10.3. The quantitative estimate of drug-likeness (QED) is 0.618. The molecule has 8 nitrogen and oxygen atoms in total. The van der Waals surface area contributed by atoms with Crippen LogP contribution in [0.1, 0.15) is 29.0 Å². The van der Waals surface area contributed by atoms with Gasteiger partial charge in [0.25, 0.3) is 5.91 Å². The number of aryl methyl sites for hydroxylation is 1. The highest BCUT2D eigenvalue weighted by Gasteiger charge is 2.21. The highest BCUT2D eigenvalue weighted by atomic mass is 16.4. The Morgan fingerprint density at radius 1 is 1.37 bits per heavy atom. The Hall–Kier alpha value is -2.51. The summed E-state index contributed by atoms with van der Waals surface area (Å²) in [5.41, 5.74) is 5.58. The van der Waals surface area contributed by atoms with Crippen LogP contribution in [0.2, 0.25) is 0 Å². The molecule has 2 amide bonds. The molecule has 102 valence electrons. The van der Waals surface area contributed by atoms with Crippen molar-refractivity contribution in [2.75, 3.05) is 0 Å². The molecule has 1 aromatic rings. The lowest BCUT2D eigenvalue weighted by atomic mass is 10.1. The van der Waals surface area contributed by atoms with Crippen LogP contribution in [0.15, 0.2) is 12.4 Å². The minimum Gasteiger partial charge on any atom is -0.480 e. The first-order chi connectivity index (χ1) is 8.90. The number of aliphatic carboxylic acids is 1. The summed E-state index contributed by atoms with van der Waals surface area (Å²) in [6, 6.07) is -1.19. The molecule has 0 saturated heterocycles. The van der Waals surface area contributed by atoms with E-state index in [2.05, 4.69) is 15.3 Å². The Morgan fingerprint density at radius 3 is 2.53 bits per heavy atom. The van der Waals surface area contributed by atoms with Gasteiger partial charge in [0.2, 0.25) is 5.91 Å². The lowest BCUT2D eigenvalue weighted by Gasteiger charge is -2.13. The molecular weight excluding hydrogens is 252 g/mol. The fourth-order valence-corrected chi connectivity index (χ4v) is 1.29. The van der Waals surface area contributed by atoms with E-state index >= 15 is 0 Å². The average molecular weight is 266 g/mol. The van der Waals surface area contributed by atoms with Gasteiger partial charge in [-0.25, -0.2) is 9.78 Å². The number of primary amides is 1. The van der Waals surface area contributed by atoms with E-state index in [-0.39, 0.29) is 18.5 Å². The van der Waals surface area contributed by atoms with Gasteiger partial charge in [-0.1, -0.05) is 0 Å². The molecule has 0 aliphatic carbocycles. The number of aromatic nitrogens is 2. The number of carboxylic acids is 1. The van der Waals surface area contributed by atoms with E-state index < -0.39 is 23.8 Å². The SMILES string of the molecule is Cc1cnc(C(=O)NC(CCC(N)=O)C(=O)O)cn1. The highest BCUT2D eigenvalue weighted by molar-refractivity contribution is 5.94. The van der Waals surface area contributed by atoms with Gasteiger partial charge in [-0.2, -0.15) is 0 Å². The molecule has 1 unspecified atom stereocenters. The number of nitrogens with two attached hydrogens (primary N) is 1. The predicted octanol–water partition coefficient (Wildman–Crippen LogP) is -0.766. The van der Waals surface area contributed by atoms with Crippen LogP contribution < -0.4 is 11.1 Å². The molecule has 1 atom stereocenters. The molecule has 19 heavy (non-hydrogen) atoms. The average Bonchev–Trinajstić information content (AvgIpc) is 2.34. The summed E-state index contributed by atoms with van der Waals surface area (Å²) in [5.74, 6) is -2.53. The van der Waals surface area contributed by atoms with Gasteiger partial charge in [0, 0.05) is 12.6 Å². The summed E-state index contributed by atoms with van der Waals surface area (Å²) in [5, 5.41) is 11.2. The number of carbonyl (C=O) groups excluding carboxylic acids is 2. The van der Waals surface area contributed by atoms with Crippen molar-refractivity contribution in [3.05, 3.63) is 23.8 Å². The number of nitrogens with one attached hydrogen (secondary N) is 1. The first-order valence-corrected chi connectivity index (χ1v) is 5.50. The Bertz CT molecular complexity index is 486. The molecule has 0 aliphatic heterocycles. The van der Waals surface area contributed by atoms with Crippen molar-refractivity contribution in [3.8, 4) is 0 Å². The van der Waals surface area contributed by atoms with Gasteiger partial charge in [-0.05, 0) is 13.3 Å². The van der Waals surface area contributed by atoms with Crippen molar-refractivity contribution >= 4 is 17.8 Å². The van der Waals surface area contributed by atoms with Crippen LogP contribution in [0.5, 0.6) is 0 Å². The van der Waals surface area contributed by atoms with Crippen LogP contribution in [0.4, 0.5) is 0 Å². The lowest BCUT2D eigenvalue weighted by Crippen LogP contribution is -2.41. The topological polar surface area (TPSA) is 135 Å². The first-order valence-electron chi connectivity index (χ1n) is 5.50. The zero-order chi connectivity index (χ0) is 14.4. The normalized spacial score (nSPS) is 11.6. The maximum atomic E-state index is 11.7. The third kappa shape index (κ3) is 4.70. The van der Waals surface area contributed by atoms with E-state index in [0.29, 0.717) is 5.69 Å². The summed E-state index contributed by atoms with van der Waals surface area (Å²) < 4.78 is 0. The summed E-state index contributed by atoms with van der Waals surface area (Å²) in [4.78, 5) is 41.0. The monoisotopic (exact) mass is 266 g/mol. The molecule has 0 aliphatic rings. The van der Waals surface area contributed by atoms with Gasteiger partial charge in [-0.15, -0.1) is 0 Å². The third-order valence-corrected chi connectivity index (χ3v) is 2.30. The molecule has 1 heterocycles. The maximum absolute atomic E-state index is 11.7. The second-order valence-electron chi connectivity index (χ2n) is 3.91. The second-order valence-corrected chi connectivity index (χ2v) is 3.91. The van der Waals surface area contributed by atoms with Gasteiger partial charge in [0.1, 0.15) is 11.7 Å². The number of rotatable bonds is 6. The van der Waals surface area contributed by atoms with Crippen molar-refractivity contribution in [2.24, 2.45) is 5.73 Å². The molecule has 0 aromatic carbocycles. The van der Waals surface area contributed by atoms with Crippen molar-refractivity contribution in [2.45, 2.75) is 25.8 Å². The van der Waals surface area contributed by atoms with Crippen LogP contribution in [0.25, 0.3) is 0 Å². The zero-order valence-corrected chi connectivity index (χ0v) is 10.3. The first kappa shape index (κ1) is 14.6. The number of amides is 2. The Morgan fingerprint density at radius 2 is 2.05 bits per heavy atom. The largest absolute Gasteiger partial charge is 0.480 e. The Kier molecular flexibility index (Phi) is 4.92. The maximum Gasteiger partial charge on any atom is 0.326 e. The van der Waals surface area contributed by atoms with Crippen LogP contribution in [-0.4, -0.2) is 38.9 Å². The third-order valence-electron chi connectivity index (χ3n) is 2.30. The molecule has 0 fully saturated rings. The molecule has 4 N–H and O–H groups in total. The van der Waals surface area contributed by atoms with E-state index in [0.717, 1.165) is 0 Å². The molecule has 0 radical (unpaired) electrons. The minimum absolute atomic E-state index is 0.0101. The smallest absolute Gasteiger partial charge is 0.326 e. The Balaban J connectivity index is 2.68.